The molecule has 1 aromatic heterocycles. The number of hydrogen-bond acceptors (Lipinski definition) is 7. The molecule has 158 valence electrons. The maximum Gasteiger partial charge on any atom is 0.221 e. The van der Waals surface area contributed by atoms with Crippen molar-refractivity contribution in [2.24, 2.45) is 0 Å². The number of nitrogens with one attached hydrogen (secondary N) is 1. The highest BCUT2D eigenvalue weighted by molar-refractivity contribution is 7.91. The van der Waals surface area contributed by atoms with Crippen LogP contribution in [0.5, 0.6) is 0 Å². The molecule has 8 nitrogen and oxygen atoms in total. The van der Waals surface area contributed by atoms with Crippen LogP contribution in [0, 0.1) is 0 Å². The van der Waals surface area contributed by atoms with Crippen LogP contribution in [0.4, 0.5) is 0 Å². The normalized spacial score (nSPS) is 16.0. The molecule has 4 rings (SSSR count). The summed E-state index contributed by atoms with van der Waals surface area (Å²) in [5.74, 6) is -0.525. The largest absolute Gasteiger partial charge is 0.353 e. The monoisotopic (exact) mass is 428 g/mol. The van der Waals surface area contributed by atoms with Gasteiger partial charge in [-0.1, -0.05) is 36.4 Å². The van der Waals surface area contributed by atoms with Crippen molar-refractivity contribution >= 4 is 26.8 Å². The van der Waals surface area contributed by atoms with Crippen LogP contribution in [0.2, 0.25) is 0 Å². The van der Waals surface area contributed by atoms with Gasteiger partial charge in [-0.2, -0.15) is 0 Å². The molecular weight excluding hydrogens is 404 g/mol. The van der Waals surface area contributed by atoms with Gasteiger partial charge in [-0.05, 0) is 40.9 Å². The van der Waals surface area contributed by atoms with Crippen LogP contribution in [-0.4, -0.2) is 54.4 Å². The zero-order valence-corrected chi connectivity index (χ0v) is 17.3. The zero-order valence-electron chi connectivity index (χ0n) is 16.5. The second kappa shape index (κ2) is 8.93. The molecule has 0 unspecified atom stereocenters. The fourth-order valence-electron chi connectivity index (χ4n) is 3.75. The number of carbonyl (C=O) groups is 1. The highest BCUT2D eigenvalue weighted by atomic mass is 32.2. The maximum atomic E-state index is 12.7. The standard InChI is InChI=1S/C21H24N4O4S/c26-20(11-14-30(27,28)19-8-4-7-18-21(19)24-29-23-18)22-17-9-12-25(13-10-17)15-16-5-2-1-3-6-16/h1-8,17H,9-15H2,(H,22,26). The van der Waals surface area contributed by atoms with Gasteiger partial charge in [-0.3, -0.25) is 9.69 Å². The quantitative estimate of drug-likeness (QED) is 0.615. The third kappa shape index (κ3) is 4.85. The van der Waals surface area contributed by atoms with Gasteiger partial charge in [0.1, 0.15) is 5.52 Å². The maximum absolute atomic E-state index is 12.7. The Labute approximate surface area is 175 Å². The number of amides is 1. The van der Waals surface area contributed by atoms with Gasteiger partial charge in [0.05, 0.1) is 10.6 Å². The van der Waals surface area contributed by atoms with Crippen LogP contribution >= 0.6 is 0 Å². The van der Waals surface area contributed by atoms with E-state index in [1.165, 1.54) is 11.6 Å². The van der Waals surface area contributed by atoms with Crippen molar-refractivity contribution < 1.29 is 17.8 Å². The Morgan fingerprint density at radius 3 is 2.60 bits per heavy atom. The molecule has 0 bridgehead atoms. The minimum absolute atomic E-state index is 0.0447. The van der Waals surface area contributed by atoms with E-state index in [0.717, 1.165) is 32.5 Å². The minimum Gasteiger partial charge on any atom is -0.353 e. The number of likely N-dealkylation sites (tertiary alicyclic amines) is 1. The summed E-state index contributed by atoms with van der Waals surface area (Å²) in [5.41, 5.74) is 1.86. The van der Waals surface area contributed by atoms with Crippen LogP contribution < -0.4 is 5.32 Å². The Bertz CT molecular complexity index is 1110. The summed E-state index contributed by atoms with van der Waals surface area (Å²) >= 11 is 0. The van der Waals surface area contributed by atoms with Gasteiger partial charge in [0, 0.05) is 32.1 Å². The molecule has 1 amide bonds. The summed E-state index contributed by atoms with van der Waals surface area (Å²) in [7, 11) is -3.67. The first-order chi connectivity index (χ1) is 14.5. The molecule has 30 heavy (non-hydrogen) atoms. The molecule has 0 atom stereocenters. The number of fused-ring (bicyclic) bond motifs is 1. The average molecular weight is 429 g/mol. The second-order valence-corrected chi connectivity index (χ2v) is 9.64. The Morgan fingerprint density at radius 2 is 1.83 bits per heavy atom. The first-order valence-electron chi connectivity index (χ1n) is 10.0. The topological polar surface area (TPSA) is 105 Å². The van der Waals surface area contributed by atoms with E-state index >= 15 is 0 Å². The minimum atomic E-state index is -3.67. The number of sulfone groups is 1. The molecule has 2 aromatic carbocycles. The van der Waals surface area contributed by atoms with Gasteiger partial charge >= 0.3 is 0 Å². The van der Waals surface area contributed by atoms with Crippen molar-refractivity contribution in [1.29, 1.82) is 0 Å². The number of nitrogens with zero attached hydrogens (tertiary/aromatic N) is 3. The summed E-state index contributed by atoms with van der Waals surface area (Å²) in [6.07, 6.45) is 1.62. The van der Waals surface area contributed by atoms with Gasteiger partial charge in [0.25, 0.3) is 0 Å². The number of hydrogen-bond donors (Lipinski definition) is 1. The number of benzene rings is 2. The number of carbonyl (C=O) groups excluding carboxylic acids is 1. The van der Waals surface area contributed by atoms with Crippen molar-refractivity contribution in [2.45, 2.75) is 36.7 Å². The second-order valence-electron chi connectivity index (χ2n) is 7.56. The van der Waals surface area contributed by atoms with Crippen molar-refractivity contribution in [3.63, 3.8) is 0 Å². The molecule has 0 radical (unpaired) electrons. The van der Waals surface area contributed by atoms with Crippen LogP contribution in [0.1, 0.15) is 24.8 Å². The van der Waals surface area contributed by atoms with Gasteiger partial charge in [-0.15, -0.1) is 0 Å². The molecule has 1 fully saturated rings. The highest BCUT2D eigenvalue weighted by Crippen LogP contribution is 2.21. The lowest BCUT2D eigenvalue weighted by Crippen LogP contribution is -2.44. The zero-order chi connectivity index (χ0) is 21.0. The number of piperidine rings is 1. The Morgan fingerprint density at radius 1 is 1.07 bits per heavy atom. The summed E-state index contributed by atoms with van der Waals surface area (Å²) in [6, 6.07) is 15.1. The van der Waals surface area contributed by atoms with Crippen LogP contribution in [0.25, 0.3) is 11.0 Å². The summed E-state index contributed by atoms with van der Waals surface area (Å²) < 4.78 is 29.9. The lowest BCUT2D eigenvalue weighted by atomic mass is 10.0. The fourth-order valence-corrected chi connectivity index (χ4v) is 5.14. The smallest absolute Gasteiger partial charge is 0.221 e. The van der Waals surface area contributed by atoms with Gasteiger partial charge < -0.3 is 5.32 Å². The van der Waals surface area contributed by atoms with E-state index < -0.39 is 9.84 Å². The molecule has 0 aliphatic carbocycles. The fraction of sp³-hybridized carbons (Fsp3) is 0.381. The number of aromatic nitrogens is 2. The predicted molar refractivity (Wildman–Crippen MR) is 111 cm³/mol. The molecular formula is C21H24N4O4S. The van der Waals surface area contributed by atoms with E-state index in [9.17, 15) is 13.2 Å². The summed E-state index contributed by atoms with van der Waals surface area (Å²) in [6.45, 7) is 2.71. The highest BCUT2D eigenvalue weighted by Gasteiger charge is 2.24. The molecule has 1 aliphatic rings. The Kier molecular flexibility index (Phi) is 6.10. The van der Waals surface area contributed by atoms with Crippen molar-refractivity contribution in [3.8, 4) is 0 Å². The molecule has 3 aromatic rings. The van der Waals surface area contributed by atoms with Gasteiger partial charge in [-0.25, -0.2) is 13.0 Å². The van der Waals surface area contributed by atoms with E-state index in [2.05, 4.69) is 37.3 Å². The lowest BCUT2D eigenvalue weighted by Gasteiger charge is -2.32. The van der Waals surface area contributed by atoms with E-state index in [0.29, 0.717) is 5.52 Å². The SMILES string of the molecule is O=C(CCS(=O)(=O)c1cccc2nonc12)NC1CCN(Cc2ccccc2)CC1. The molecule has 2 heterocycles. The third-order valence-corrected chi connectivity index (χ3v) is 7.12. The van der Waals surface area contributed by atoms with E-state index in [1.807, 2.05) is 18.2 Å². The van der Waals surface area contributed by atoms with E-state index in [1.54, 1.807) is 12.1 Å². The van der Waals surface area contributed by atoms with Crippen LogP contribution in [0.15, 0.2) is 58.1 Å². The number of rotatable bonds is 7. The van der Waals surface area contributed by atoms with Crippen molar-refractivity contribution in [1.82, 2.24) is 20.5 Å². The molecule has 1 saturated heterocycles. The van der Waals surface area contributed by atoms with Gasteiger partial charge in [0.15, 0.2) is 15.4 Å². The van der Waals surface area contributed by atoms with Crippen molar-refractivity contribution in [3.05, 3.63) is 54.1 Å². The third-order valence-electron chi connectivity index (χ3n) is 5.38. The molecule has 0 spiro atoms. The average Bonchev–Trinajstić information content (AvgIpc) is 3.23. The Balaban J connectivity index is 1.26. The Hall–Kier alpha value is -2.78. The first kappa shape index (κ1) is 20.5. The van der Waals surface area contributed by atoms with Gasteiger partial charge in [0.2, 0.25) is 5.91 Å². The predicted octanol–water partition coefficient (Wildman–Crippen LogP) is 2.17. The molecule has 1 aliphatic heterocycles. The molecule has 0 saturated carbocycles. The van der Waals surface area contributed by atoms with Crippen LogP contribution in [-0.2, 0) is 21.2 Å². The molecule has 9 heteroatoms. The van der Waals surface area contributed by atoms with Crippen molar-refractivity contribution in [2.75, 3.05) is 18.8 Å². The van der Waals surface area contributed by atoms with E-state index in [-0.39, 0.29) is 34.5 Å². The van der Waals surface area contributed by atoms with Crippen LogP contribution in [0.3, 0.4) is 0 Å². The summed E-state index contributed by atoms with van der Waals surface area (Å²) in [4.78, 5) is 14.8. The first-order valence-corrected chi connectivity index (χ1v) is 11.7. The lowest BCUT2D eigenvalue weighted by molar-refractivity contribution is -0.121. The summed E-state index contributed by atoms with van der Waals surface area (Å²) in [5, 5.41) is 10.3. The molecule has 1 N–H and O–H groups in total. The van der Waals surface area contributed by atoms with E-state index in [4.69, 9.17) is 0 Å².